The first-order valence-electron chi connectivity index (χ1n) is 3.52. The standard InChI is InChI=1S/C7H13N3/c1-6(2)5-8-7-3-4-9-10-7/h3-4,6H,5H2,1-2H3,(H2,8,9,10). The van der Waals surface area contributed by atoms with Crippen molar-refractivity contribution < 1.29 is 0 Å². The number of hydrogen-bond donors (Lipinski definition) is 2. The Kier molecular flexibility index (Phi) is 2.31. The van der Waals surface area contributed by atoms with E-state index in [1.807, 2.05) is 6.07 Å². The second-order valence-electron chi connectivity index (χ2n) is 2.75. The Labute approximate surface area is 60.8 Å². The molecule has 0 atom stereocenters. The van der Waals surface area contributed by atoms with E-state index >= 15 is 0 Å². The first-order valence-corrected chi connectivity index (χ1v) is 3.52. The minimum Gasteiger partial charge on any atom is -0.370 e. The van der Waals surface area contributed by atoms with E-state index in [-0.39, 0.29) is 0 Å². The number of H-pyrrole nitrogens is 1. The molecule has 0 saturated carbocycles. The summed E-state index contributed by atoms with van der Waals surface area (Å²) < 4.78 is 0. The molecule has 0 amide bonds. The molecular weight excluding hydrogens is 126 g/mol. The molecule has 0 bridgehead atoms. The molecule has 3 heteroatoms. The Bertz CT molecular complexity index is 167. The van der Waals surface area contributed by atoms with Gasteiger partial charge in [-0.05, 0) is 12.0 Å². The molecule has 0 aromatic carbocycles. The molecule has 0 fully saturated rings. The fourth-order valence-corrected chi connectivity index (χ4v) is 0.668. The highest BCUT2D eigenvalue weighted by molar-refractivity contribution is 5.31. The molecule has 0 aliphatic heterocycles. The van der Waals surface area contributed by atoms with Crippen molar-refractivity contribution in [2.75, 3.05) is 11.9 Å². The van der Waals surface area contributed by atoms with E-state index < -0.39 is 0 Å². The highest BCUT2D eigenvalue weighted by Crippen LogP contribution is 1.99. The monoisotopic (exact) mass is 139 g/mol. The first-order chi connectivity index (χ1) is 4.79. The van der Waals surface area contributed by atoms with Gasteiger partial charge in [0, 0.05) is 6.54 Å². The number of aromatic amines is 1. The summed E-state index contributed by atoms with van der Waals surface area (Å²) in [5.41, 5.74) is 0. The normalized spacial score (nSPS) is 10.3. The summed E-state index contributed by atoms with van der Waals surface area (Å²) in [6.07, 6.45) is 1.74. The van der Waals surface area contributed by atoms with Gasteiger partial charge < -0.3 is 5.32 Å². The van der Waals surface area contributed by atoms with Crippen LogP contribution in [0.4, 0.5) is 5.82 Å². The molecule has 1 aromatic heterocycles. The summed E-state index contributed by atoms with van der Waals surface area (Å²) >= 11 is 0. The van der Waals surface area contributed by atoms with Crippen molar-refractivity contribution in [2.45, 2.75) is 13.8 Å². The number of anilines is 1. The Balaban J connectivity index is 2.28. The van der Waals surface area contributed by atoms with Crippen LogP contribution >= 0.6 is 0 Å². The van der Waals surface area contributed by atoms with Crippen molar-refractivity contribution in [3.63, 3.8) is 0 Å². The van der Waals surface area contributed by atoms with E-state index in [4.69, 9.17) is 0 Å². The van der Waals surface area contributed by atoms with Crippen molar-refractivity contribution in [1.82, 2.24) is 10.2 Å². The molecule has 2 N–H and O–H groups in total. The van der Waals surface area contributed by atoms with Gasteiger partial charge in [-0.25, -0.2) is 0 Å². The minimum atomic E-state index is 0.670. The smallest absolute Gasteiger partial charge is 0.121 e. The minimum absolute atomic E-state index is 0.670. The lowest BCUT2D eigenvalue weighted by molar-refractivity contribution is 0.686. The molecule has 10 heavy (non-hydrogen) atoms. The van der Waals surface area contributed by atoms with E-state index in [1.54, 1.807) is 6.20 Å². The SMILES string of the molecule is CC(C)CNc1ccn[nH]1. The number of aromatic nitrogens is 2. The third kappa shape index (κ3) is 2.09. The van der Waals surface area contributed by atoms with Gasteiger partial charge in [-0.3, -0.25) is 5.10 Å². The number of nitrogens with one attached hydrogen (secondary N) is 2. The topological polar surface area (TPSA) is 40.7 Å². The summed E-state index contributed by atoms with van der Waals surface area (Å²) in [7, 11) is 0. The summed E-state index contributed by atoms with van der Waals surface area (Å²) in [6.45, 7) is 5.33. The number of rotatable bonds is 3. The Hall–Kier alpha value is -0.990. The van der Waals surface area contributed by atoms with E-state index in [0.29, 0.717) is 5.92 Å². The van der Waals surface area contributed by atoms with E-state index in [0.717, 1.165) is 12.4 Å². The Morgan fingerprint density at radius 2 is 2.50 bits per heavy atom. The quantitative estimate of drug-likeness (QED) is 0.666. The lowest BCUT2D eigenvalue weighted by atomic mass is 10.2. The maximum atomic E-state index is 3.81. The molecule has 0 aliphatic carbocycles. The second kappa shape index (κ2) is 3.25. The van der Waals surface area contributed by atoms with Crippen LogP contribution in [0.25, 0.3) is 0 Å². The van der Waals surface area contributed by atoms with Crippen LogP contribution in [0.1, 0.15) is 13.8 Å². The zero-order chi connectivity index (χ0) is 7.40. The molecule has 0 radical (unpaired) electrons. The Morgan fingerprint density at radius 1 is 1.70 bits per heavy atom. The highest BCUT2D eigenvalue weighted by Gasteiger charge is 1.93. The lowest BCUT2D eigenvalue weighted by Crippen LogP contribution is -2.07. The average Bonchev–Trinajstić information content (AvgIpc) is 2.34. The molecule has 0 spiro atoms. The molecule has 1 heterocycles. The van der Waals surface area contributed by atoms with Crippen molar-refractivity contribution in [2.24, 2.45) is 5.92 Å². The van der Waals surface area contributed by atoms with Crippen LogP contribution in [0.2, 0.25) is 0 Å². The molecule has 56 valence electrons. The van der Waals surface area contributed by atoms with Gasteiger partial charge in [0.2, 0.25) is 0 Å². The second-order valence-corrected chi connectivity index (χ2v) is 2.75. The molecule has 1 rings (SSSR count). The molecule has 1 aromatic rings. The van der Waals surface area contributed by atoms with Crippen LogP contribution in [0.15, 0.2) is 12.3 Å². The van der Waals surface area contributed by atoms with Crippen LogP contribution in [0, 0.1) is 5.92 Å². The van der Waals surface area contributed by atoms with E-state index in [2.05, 4.69) is 29.4 Å². The van der Waals surface area contributed by atoms with Crippen molar-refractivity contribution in [1.29, 1.82) is 0 Å². The van der Waals surface area contributed by atoms with Gasteiger partial charge >= 0.3 is 0 Å². The zero-order valence-electron chi connectivity index (χ0n) is 6.39. The van der Waals surface area contributed by atoms with Gasteiger partial charge in [-0.2, -0.15) is 5.10 Å². The van der Waals surface area contributed by atoms with Gasteiger partial charge in [0.1, 0.15) is 5.82 Å². The third-order valence-corrected chi connectivity index (χ3v) is 1.20. The average molecular weight is 139 g/mol. The van der Waals surface area contributed by atoms with Crippen LogP contribution < -0.4 is 5.32 Å². The van der Waals surface area contributed by atoms with Crippen molar-refractivity contribution in [3.05, 3.63) is 12.3 Å². The van der Waals surface area contributed by atoms with Gasteiger partial charge in [0.05, 0.1) is 6.20 Å². The highest BCUT2D eigenvalue weighted by atomic mass is 15.2. The largest absolute Gasteiger partial charge is 0.370 e. The fourth-order valence-electron chi connectivity index (χ4n) is 0.668. The van der Waals surface area contributed by atoms with E-state index in [9.17, 15) is 0 Å². The molecule has 0 aliphatic rings. The van der Waals surface area contributed by atoms with Gasteiger partial charge in [-0.1, -0.05) is 13.8 Å². The zero-order valence-corrected chi connectivity index (χ0v) is 6.39. The predicted molar refractivity (Wildman–Crippen MR) is 41.9 cm³/mol. The van der Waals surface area contributed by atoms with Crippen LogP contribution in [0.5, 0.6) is 0 Å². The molecule has 3 nitrogen and oxygen atoms in total. The summed E-state index contributed by atoms with van der Waals surface area (Å²) in [6, 6.07) is 1.92. The maximum Gasteiger partial charge on any atom is 0.121 e. The first kappa shape index (κ1) is 7.12. The molecular formula is C7H13N3. The van der Waals surface area contributed by atoms with Gasteiger partial charge in [-0.15, -0.1) is 0 Å². The van der Waals surface area contributed by atoms with Crippen LogP contribution in [-0.2, 0) is 0 Å². The number of hydrogen-bond acceptors (Lipinski definition) is 2. The maximum absolute atomic E-state index is 3.81. The molecule has 0 unspecified atom stereocenters. The predicted octanol–water partition coefficient (Wildman–Crippen LogP) is 1.48. The van der Waals surface area contributed by atoms with E-state index in [1.165, 1.54) is 0 Å². The third-order valence-electron chi connectivity index (χ3n) is 1.20. The molecule has 0 saturated heterocycles. The van der Waals surface area contributed by atoms with Crippen LogP contribution in [0.3, 0.4) is 0 Å². The summed E-state index contributed by atoms with van der Waals surface area (Å²) in [4.78, 5) is 0. The van der Waals surface area contributed by atoms with Crippen molar-refractivity contribution in [3.8, 4) is 0 Å². The van der Waals surface area contributed by atoms with Crippen LogP contribution in [-0.4, -0.2) is 16.7 Å². The van der Waals surface area contributed by atoms with Crippen molar-refractivity contribution >= 4 is 5.82 Å². The summed E-state index contributed by atoms with van der Waals surface area (Å²) in [5.74, 6) is 1.66. The fraction of sp³-hybridized carbons (Fsp3) is 0.571. The van der Waals surface area contributed by atoms with Gasteiger partial charge in [0.15, 0.2) is 0 Å². The Morgan fingerprint density at radius 3 is 3.00 bits per heavy atom. The summed E-state index contributed by atoms with van der Waals surface area (Å²) in [5, 5.41) is 9.85. The lowest BCUT2D eigenvalue weighted by Gasteiger charge is -2.04. The van der Waals surface area contributed by atoms with Gasteiger partial charge in [0.25, 0.3) is 0 Å². The number of nitrogens with zero attached hydrogens (tertiary/aromatic N) is 1.